The molecule has 0 N–H and O–H groups in total. The molecule has 0 spiro atoms. The number of hydrogen-bond donors (Lipinski definition) is 0. The molecule has 9 aromatic heterocycles. The van der Waals surface area contributed by atoms with Gasteiger partial charge in [-0.1, -0.05) is 344 Å². The third kappa shape index (κ3) is 18.3. The van der Waals surface area contributed by atoms with E-state index >= 15 is 0 Å². The predicted molar refractivity (Wildman–Crippen MR) is 617 cm³/mol. The summed E-state index contributed by atoms with van der Waals surface area (Å²) in [4.78, 5) is 9.86. The molecule has 30 aromatic rings. The molecule has 21 aromatic carbocycles. The number of benzene rings is 21. The molecule has 0 radical (unpaired) electrons. The summed E-state index contributed by atoms with van der Waals surface area (Å²) in [6.45, 7) is 16.9. The quantitative estimate of drug-likeness (QED) is 0.165. The molecule has 9 heterocycles. The summed E-state index contributed by atoms with van der Waals surface area (Å²) < 4.78 is 31.2. The molecule has 0 unspecified atom stereocenters. The van der Waals surface area contributed by atoms with Crippen LogP contribution in [0.5, 0.6) is 0 Å². The monoisotopic (exact) mass is 1900 g/mol. The van der Waals surface area contributed by atoms with E-state index in [0.717, 1.165) is 100 Å². The molecule has 11 nitrogen and oxygen atoms in total. The van der Waals surface area contributed by atoms with E-state index in [2.05, 4.69) is 507 Å². The van der Waals surface area contributed by atoms with Gasteiger partial charge in [0.1, 0.15) is 33.5 Å². The Hall–Kier alpha value is -18.8. The first-order valence-electron chi connectivity index (χ1n) is 50.1. The maximum absolute atomic E-state index is 6.07. The van der Waals surface area contributed by atoms with E-state index in [-0.39, 0.29) is 0 Å². The van der Waals surface area contributed by atoms with Crippen LogP contribution < -0.4 is 0 Å². The van der Waals surface area contributed by atoms with Crippen LogP contribution >= 0.6 is 0 Å². The van der Waals surface area contributed by atoms with Crippen LogP contribution in [0.2, 0.25) is 0 Å². The Morgan fingerprint density at radius 2 is 0.483 bits per heavy atom. The van der Waals surface area contributed by atoms with Crippen LogP contribution in [0, 0.1) is 55.4 Å². The van der Waals surface area contributed by atoms with Gasteiger partial charge in [0.25, 0.3) is 0 Å². The number of para-hydroxylation sites is 15. The zero-order valence-corrected chi connectivity index (χ0v) is 83.1. The van der Waals surface area contributed by atoms with Crippen molar-refractivity contribution in [3.8, 4) is 45.0 Å². The fourth-order valence-corrected chi connectivity index (χ4v) is 20.5. The van der Waals surface area contributed by atoms with E-state index in [9.17, 15) is 0 Å². The Bertz CT molecular complexity index is 9940. The molecule has 0 saturated heterocycles. The van der Waals surface area contributed by atoms with Crippen molar-refractivity contribution in [2.75, 3.05) is 0 Å². The summed E-state index contributed by atoms with van der Waals surface area (Å²) in [7, 11) is 0. The normalized spacial score (nSPS) is 11.3. The van der Waals surface area contributed by atoms with Gasteiger partial charge < -0.3 is 22.4 Å². The first kappa shape index (κ1) is 91.9. The van der Waals surface area contributed by atoms with E-state index < -0.39 is 0 Å². The van der Waals surface area contributed by atoms with Gasteiger partial charge in [-0.3, -0.25) is 17.9 Å². The Labute approximate surface area is 851 Å². The van der Waals surface area contributed by atoms with Gasteiger partial charge in [0.15, 0.2) is 0 Å². The number of furan rings is 3. The summed E-state index contributed by atoms with van der Waals surface area (Å²) in [6.07, 6.45) is 0. The lowest BCUT2D eigenvalue weighted by molar-refractivity contribution is 0.665. The summed E-state index contributed by atoms with van der Waals surface area (Å²) in [5, 5.41) is 12.3. The molecular formula is C136H106N8O3. The Morgan fingerprint density at radius 3 is 0.973 bits per heavy atom. The van der Waals surface area contributed by atoms with E-state index in [1.54, 1.807) is 0 Å². The minimum atomic E-state index is 0.903. The Morgan fingerprint density at radius 1 is 0.163 bits per heavy atom. The second-order valence-electron chi connectivity index (χ2n) is 37.8. The van der Waals surface area contributed by atoms with Gasteiger partial charge in [0.05, 0.1) is 71.9 Å². The lowest BCUT2D eigenvalue weighted by Gasteiger charge is -2.08. The minimum Gasteiger partial charge on any atom is -0.456 e. The van der Waals surface area contributed by atoms with Crippen LogP contribution in [0.4, 0.5) is 0 Å². The van der Waals surface area contributed by atoms with Crippen LogP contribution in [0.3, 0.4) is 0 Å². The second kappa shape index (κ2) is 40.3. The van der Waals surface area contributed by atoms with Crippen LogP contribution in [-0.2, 0) is 0 Å². The summed E-state index contributed by atoms with van der Waals surface area (Å²) in [6, 6.07) is 173. The average molecular weight is 1900 g/mol. The SMILES string of the molecule is Cc1cc(-c2ccccc2)cc(-c2ccccc2)c1.Cc1ccc2c(c1)c1ccccc1n2-c1ccccc1.Cc1ccc2oc3ccc(-n4c5ccccc5n5c6ccccc6nc45)cc3c2c1.Cc1ccc2oc3ccccc3c2c1.Cc1cccc(-n2c3ccccc3c3ccccc32)c1.Cc1cccc(-n2c3ccccc3n3c4ccccc4nc23)c1.Cc1cccc2c1oc1ccccc12.Cc1ccccc1. The number of aryl methyl sites for hydroxylation is 8. The molecule has 147 heavy (non-hydrogen) atoms. The molecule has 0 fully saturated rings. The Kier molecular flexibility index (Phi) is 25.2. The molecule has 708 valence electrons. The Balaban J connectivity index is 0.0000000945. The molecule has 0 aliphatic heterocycles. The van der Waals surface area contributed by atoms with Crippen molar-refractivity contribution in [3.05, 3.63) is 542 Å². The van der Waals surface area contributed by atoms with Gasteiger partial charge in [-0.15, -0.1) is 0 Å². The highest BCUT2D eigenvalue weighted by Gasteiger charge is 2.22. The fraction of sp³-hybridized carbons (Fsp3) is 0.0588. The highest BCUT2D eigenvalue weighted by Crippen LogP contribution is 2.41. The maximum Gasteiger partial charge on any atom is 0.220 e. The number of hydrogen-bond acceptors (Lipinski definition) is 5. The number of fused-ring (bicyclic) bond motifs is 25. The van der Waals surface area contributed by atoms with Crippen LogP contribution in [0.15, 0.2) is 511 Å². The van der Waals surface area contributed by atoms with Gasteiger partial charge in [0.2, 0.25) is 11.6 Å². The summed E-state index contributed by atoms with van der Waals surface area (Å²) >= 11 is 0. The van der Waals surface area contributed by atoms with E-state index in [0.29, 0.717) is 0 Å². The van der Waals surface area contributed by atoms with Gasteiger partial charge in [-0.05, 0) is 276 Å². The third-order valence-electron chi connectivity index (χ3n) is 27.4. The molecular weight excluding hydrogens is 1790 g/mol. The largest absolute Gasteiger partial charge is 0.456 e. The summed E-state index contributed by atoms with van der Waals surface area (Å²) in [5.41, 5.74) is 39.6. The molecule has 0 saturated carbocycles. The van der Waals surface area contributed by atoms with Crippen molar-refractivity contribution in [2.45, 2.75) is 55.4 Å². The third-order valence-corrected chi connectivity index (χ3v) is 27.4. The van der Waals surface area contributed by atoms with Crippen molar-refractivity contribution in [1.29, 1.82) is 0 Å². The molecule has 30 rings (SSSR count). The van der Waals surface area contributed by atoms with Gasteiger partial charge in [-0.25, -0.2) is 9.97 Å². The van der Waals surface area contributed by atoms with Crippen LogP contribution in [-0.4, -0.2) is 37.0 Å². The van der Waals surface area contributed by atoms with E-state index in [4.69, 9.17) is 23.2 Å². The van der Waals surface area contributed by atoms with Crippen LogP contribution in [0.1, 0.15) is 44.5 Å². The highest BCUT2D eigenvalue weighted by molar-refractivity contribution is 6.12. The number of aromatic nitrogens is 8. The molecule has 0 aliphatic carbocycles. The van der Waals surface area contributed by atoms with Crippen molar-refractivity contribution in [1.82, 2.24) is 37.0 Å². The second-order valence-corrected chi connectivity index (χ2v) is 37.8. The predicted octanol–water partition coefficient (Wildman–Crippen LogP) is 36.7. The number of imidazole rings is 4. The number of nitrogens with zero attached hydrogens (tertiary/aromatic N) is 8. The number of rotatable bonds is 6. The first-order valence-corrected chi connectivity index (χ1v) is 50.1. The average Bonchev–Trinajstić information content (AvgIpc) is 1.55. The zero-order valence-electron chi connectivity index (χ0n) is 83.1. The topological polar surface area (TPSA) is 93.7 Å². The molecule has 0 aliphatic rings. The van der Waals surface area contributed by atoms with E-state index in [1.807, 2.05) is 72.8 Å². The van der Waals surface area contributed by atoms with Crippen molar-refractivity contribution >= 4 is 165 Å². The maximum atomic E-state index is 6.07. The lowest BCUT2D eigenvalue weighted by Crippen LogP contribution is -1.95. The zero-order chi connectivity index (χ0) is 99.5. The standard InChI is InChI=1S/C26H17N3O.C20H15N3.2C19H15N.C19H16.2C13H10O.C7H8/c1-16-10-12-24-18(14-16)19-15-17(11-13-25(19)30-24)28-22-8-4-5-9-23(22)29-21-7-3-2-6-20(21)27-26(28)29;1-14-7-6-8-15(13-14)22-18-11-4-5-12-19(18)23-17-10-3-2-9-16(17)21-20(22)23;1-14-7-6-8-15(13-14)20-18-11-4-2-9-16(18)17-10-3-5-12-19(17)20;1-14-11-12-19-17(13-14)16-9-5-6-10-18(16)20(19)15-7-3-2-4-8-15;1-15-12-18(16-8-4-2-5-9-16)14-19(13-15)17-10-6-3-7-11-17;1-9-5-4-7-11-10-6-2-3-8-12(10)14-13(9)11;1-9-6-7-13-11(8-9)10-4-2-3-5-12(10)14-13;1-7-5-3-2-4-6-7/h2-15H,1H3;2-13H,1H3;2*2-13H,1H3;2-14H,1H3;2*2-8H,1H3;2-6H,1H3. The molecule has 0 amide bonds. The molecule has 11 heteroatoms. The van der Waals surface area contributed by atoms with Crippen molar-refractivity contribution in [2.24, 2.45) is 0 Å². The minimum absolute atomic E-state index is 0.903. The van der Waals surface area contributed by atoms with Gasteiger partial charge >= 0.3 is 0 Å². The fourth-order valence-electron chi connectivity index (χ4n) is 20.5. The lowest BCUT2D eigenvalue weighted by atomic mass is 9.97. The van der Waals surface area contributed by atoms with Gasteiger partial charge in [-0.2, -0.15) is 0 Å². The van der Waals surface area contributed by atoms with Crippen molar-refractivity contribution in [3.63, 3.8) is 0 Å². The van der Waals surface area contributed by atoms with Crippen molar-refractivity contribution < 1.29 is 13.3 Å². The molecule has 0 bridgehead atoms. The smallest absolute Gasteiger partial charge is 0.220 e. The van der Waals surface area contributed by atoms with Crippen LogP contribution in [0.25, 0.3) is 210 Å². The summed E-state index contributed by atoms with van der Waals surface area (Å²) in [5.74, 6) is 1.87. The van der Waals surface area contributed by atoms with Gasteiger partial charge in [0, 0.05) is 70.9 Å². The highest BCUT2D eigenvalue weighted by atomic mass is 16.3. The molecule has 0 atom stereocenters. The first-order chi connectivity index (χ1) is 72.2. The van der Waals surface area contributed by atoms with E-state index in [1.165, 1.54) is 154 Å².